The average Bonchev–Trinajstić information content (AvgIpc) is 2.80. The van der Waals surface area contributed by atoms with E-state index in [2.05, 4.69) is 9.97 Å². The third kappa shape index (κ3) is 2.45. The molecule has 3 nitrogen and oxygen atoms in total. The molecule has 2 aromatic heterocycles. The molecule has 0 amide bonds. The van der Waals surface area contributed by atoms with Gasteiger partial charge < -0.3 is 5.73 Å². The smallest absolute Gasteiger partial charge is 0.319 e. The van der Waals surface area contributed by atoms with Crippen LogP contribution in [0.1, 0.15) is 22.0 Å². The van der Waals surface area contributed by atoms with Crippen LogP contribution in [-0.2, 0) is 6.18 Å². The van der Waals surface area contributed by atoms with E-state index in [0.29, 0.717) is 4.88 Å². The van der Waals surface area contributed by atoms with Crippen LogP contribution in [0, 0.1) is 0 Å². The van der Waals surface area contributed by atoms with Gasteiger partial charge in [-0.05, 0) is 6.07 Å². The zero-order valence-corrected chi connectivity index (χ0v) is 9.29. The van der Waals surface area contributed by atoms with E-state index in [9.17, 15) is 13.2 Å². The van der Waals surface area contributed by atoms with Crippen molar-refractivity contribution in [2.75, 3.05) is 0 Å². The number of hydrogen-bond donors (Lipinski definition) is 1. The van der Waals surface area contributed by atoms with Crippen LogP contribution in [0.5, 0.6) is 0 Å². The van der Waals surface area contributed by atoms with E-state index in [1.54, 1.807) is 0 Å². The van der Waals surface area contributed by atoms with Gasteiger partial charge in [0.15, 0.2) is 0 Å². The maximum absolute atomic E-state index is 12.8. The zero-order valence-electron chi connectivity index (χ0n) is 8.48. The van der Waals surface area contributed by atoms with Crippen molar-refractivity contribution in [3.05, 3.63) is 46.2 Å². The molecule has 17 heavy (non-hydrogen) atoms. The Hall–Kier alpha value is -1.47. The summed E-state index contributed by atoms with van der Waals surface area (Å²) < 4.78 is 38.3. The van der Waals surface area contributed by atoms with Crippen molar-refractivity contribution in [3.63, 3.8) is 0 Å². The van der Waals surface area contributed by atoms with E-state index >= 15 is 0 Å². The van der Waals surface area contributed by atoms with Crippen LogP contribution in [-0.4, -0.2) is 9.97 Å². The topological polar surface area (TPSA) is 51.8 Å². The van der Waals surface area contributed by atoms with Crippen molar-refractivity contribution in [3.8, 4) is 0 Å². The molecule has 0 fully saturated rings. The summed E-state index contributed by atoms with van der Waals surface area (Å²) in [6.45, 7) is 0. The van der Waals surface area contributed by atoms with Crippen molar-refractivity contribution in [1.82, 2.24) is 9.97 Å². The number of nitrogens with zero attached hydrogens (tertiary/aromatic N) is 2. The molecule has 2 rings (SSSR count). The van der Waals surface area contributed by atoms with Gasteiger partial charge in [0.25, 0.3) is 0 Å². The minimum Gasteiger partial charge on any atom is -0.319 e. The molecule has 0 saturated heterocycles. The quantitative estimate of drug-likeness (QED) is 0.901. The molecule has 0 aliphatic carbocycles. The monoisotopic (exact) mass is 259 g/mol. The third-order valence-corrected chi connectivity index (χ3v) is 3.11. The predicted molar refractivity (Wildman–Crippen MR) is 57.4 cm³/mol. The molecule has 0 aliphatic heterocycles. The number of hydrogen-bond acceptors (Lipinski definition) is 4. The van der Waals surface area contributed by atoms with Crippen molar-refractivity contribution < 1.29 is 13.2 Å². The lowest BCUT2D eigenvalue weighted by Gasteiger charge is -2.16. The predicted octanol–water partition coefficient (Wildman–Crippen LogP) is 2.61. The fourth-order valence-electron chi connectivity index (χ4n) is 1.45. The first-order valence-electron chi connectivity index (χ1n) is 4.65. The second-order valence-corrected chi connectivity index (χ2v) is 4.26. The van der Waals surface area contributed by atoms with E-state index in [4.69, 9.17) is 5.73 Å². The molecule has 0 saturated carbocycles. The van der Waals surface area contributed by atoms with Crippen LogP contribution >= 0.6 is 11.3 Å². The van der Waals surface area contributed by atoms with E-state index in [-0.39, 0.29) is 5.56 Å². The molecule has 0 aromatic carbocycles. The van der Waals surface area contributed by atoms with E-state index < -0.39 is 17.8 Å². The highest BCUT2D eigenvalue weighted by atomic mass is 32.1. The van der Waals surface area contributed by atoms with Crippen LogP contribution < -0.4 is 5.73 Å². The van der Waals surface area contributed by atoms with Crippen LogP contribution in [0.25, 0.3) is 0 Å². The highest BCUT2D eigenvalue weighted by Crippen LogP contribution is 2.35. The fraction of sp³-hybridized carbons (Fsp3) is 0.200. The van der Waals surface area contributed by atoms with Gasteiger partial charge in [-0.15, -0.1) is 11.3 Å². The van der Waals surface area contributed by atoms with E-state index in [1.807, 2.05) is 0 Å². The molecular formula is C10H8F3N3S. The van der Waals surface area contributed by atoms with Gasteiger partial charge in [0, 0.05) is 29.0 Å². The van der Waals surface area contributed by atoms with Crippen LogP contribution in [0.15, 0.2) is 30.2 Å². The lowest BCUT2D eigenvalue weighted by Crippen LogP contribution is -2.18. The highest BCUT2D eigenvalue weighted by Gasteiger charge is 2.35. The van der Waals surface area contributed by atoms with Gasteiger partial charge in [-0.3, -0.25) is 9.97 Å². The van der Waals surface area contributed by atoms with Crippen molar-refractivity contribution >= 4 is 11.3 Å². The van der Waals surface area contributed by atoms with Crippen molar-refractivity contribution in [2.45, 2.75) is 12.2 Å². The van der Waals surface area contributed by atoms with Crippen LogP contribution in [0.2, 0.25) is 0 Å². The Kier molecular flexibility index (Phi) is 3.12. The first kappa shape index (κ1) is 12.0. The maximum Gasteiger partial charge on any atom is 0.416 e. The molecule has 1 unspecified atom stereocenters. The van der Waals surface area contributed by atoms with Gasteiger partial charge in [0.05, 0.1) is 17.1 Å². The Bertz CT molecular complexity index is 496. The standard InChI is InChI=1S/C10H8F3N3S/c11-10(12,13)7-1-2-15-3-6(7)9(14)8-4-16-5-17-8/h1-5,9H,14H2. The van der Waals surface area contributed by atoms with Gasteiger partial charge in [-0.2, -0.15) is 13.2 Å². The van der Waals surface area contributed by atoms with Gasteiger partial charge in [0.1, 0.15) is 0 Å². The lowest BCUT2D eigenvalue weighted by atomic mass is 10.0. The summed E-state index contributed by atoms with van der Waals surface area (Å²) in [6, 6.07) is 0.0729. The first-order chi connectivity index (χ1) is 8.00. The molecule has 2 N–H and O–H groups in total. The summed E-state index contributed by atoms with van der Waals surface area (Å²) in [5.41, 5.74) is 6.52. The first-order valence-corrected chi connectivity index (χ1v) is 5.53. The van der Waals surface area contributed by atoms with Gasteiger partial charge >= 0.3 is 6.18 Å². The molecule has 7 heteroatoms. The van der Waals surface area contributed by atoms with Gasteiger partial charge in [-0.1, -0.05) is 0 Å². The number of nitrogens with two attached hydrogens (primary N) is 1. The van der Waals surface area contributed by atoms with Gasteiger partial charge in [0.2, 0.25) is 0 Å². The van der Waals surface area contributed by atoms with Crippen LogP contribution in [0.4, 0.5) is 13.2 Å². The van der Waals surface area contributed by atoms with Crippen molar-refractivity contribution in [1.29, 1.82) is 0 Å². The maximum atomic E-state index is 12.8. The number of pyridine rings is 1. The van der Waals surface area contributed by atoms with Gasteiger partial charge in [-0.25, -0.2) is 0 Å². The molecule has 0 aliphatic rings. The zero-order chi connectivity index (χ0) is 12.5. The average molecular weight is 259 g/mol. The summed E-state index contributed by atoms with van der Waals surface area (Å²) in [5.74, 6) is 0. The Labute approximate surface area is 99.1 Å². The summed E-state index contributed by atoms with van der Waals surface area (Å²) >= 11 is 1.21. The number of halogens is 3. The fourth-order valence-corrected chi connectivity index (χ4v) is 2.08. The van der Waals surface area contributed by atoms with Crippen LogP contribution in [0.3, 0.4) is 0 Å². The molecule has 2 aromatic rings. The summed E-state index contributed by atoms with van der Waals surface area (Å²) in [4.78, 5) is 8.06. The second kappa shape index (κ2) is 4.42. The number of thiazole rings is 1. The highest BCUT2D eigenvalue weighted by molar-refractivity contribution is 7.09. The van der Waals surface area contributed by atoms with Crippen molar-refractivity contribution in [2.24, 2.45) is 5.73 Å². The Morgan fingerprint density at radius 3 is 2.59 bits per heavy atom. The number of rotatable bonds is 2. The van der Waals surface area contributed by atoms with E-state index in [1.165, 1.54) is 23.0 Å². The SMILES string of the molecule is NC(c1cncs1)c1cnccc1C(F)(F)F. The molecular weight excluding hydrogens is 251 g/mol. The summed E-state index contributed by atoms with van der Waals surface area (Å²) in [6.07, 6.45) is -0.720. The summed E-state index contributed by atoms with van der Waals surface area (Å²) in [5, 5.41) is 0. The molecule has 0 radical (unpaired) electrons. The largest absolute Gasteiger partial charge is 0.416 e. The second-order valence-electron chi connectivity index (χ2n) is 3.34. The lowest BCUT2D eigenvalue weighted by molar-refractivity contribution is -0.138. The Morgan fingerprint density at radius 2 is 2.00 bits per heavy atom. The normalized spacial score (nSPS) is 13.6. The minimum absolute atomic E-state index is 0.0377. The number of aromatic nitrogens is 2. The molecule has 0 spiro atoms. The molecule has 0 bridgehead atoms. The Balaban J connectivity index is 2.46. The molecule has 1 atom stereocenters. The molecule has 2 heterocycles. The summed E-state index contributed by atoms with van der Waals surface area (Å²) in [7, 11) is 0. The third-order valence-electron chi connectivity index (χ3n) is 2.25. The molecule has 90 valence electrons. The van der Waals surface area contributed by atoms with E-state index in [0.717, 1.165) is 18.5 Å². The Morgan fingerprint density at radius 1 is 1.24 bits per heavy atom. The number of alkyl halides is 3. The minimum atomic E-state index is -4.43.